The van der Waals surface area contributed by atoms with Gasteiger partial charge in [0.25, 0.3) is 0 Å². The summed E-state index contributed by atoms with van der Waals surface area (Å²) in [6.45, 7) is 4.85. The number of hydrogen-bond acceptors (Lipinski definition) is 1. The first kappa shape index (κ1) is 15.0. The van der Waals surface area contributed by atoms with E-state index >= 15 is 0 Å². The van der Waals surface area contributed by atoms with Crippen LogP contribution in [-0.4, -0.2) is 6.04 Å². The van der Waals surface area contributed by atoms with Crippen molar-refractivity contribution in [3.63, 3.8) is 0 Å². The Morgan fingerprint density at radius 3 is 2.28 bits per heavy atom. The maximum Gasteiger partial charge on any atom is 0.416 e. The van der Waals surface area contributed by atoms with Gasteiger partial charge in [-0.2, -0.15) is 13.2 Å². The molecule has 1 aromatic rings. The average molecular weight is 259 g/mol. The summed E-state index contributed by atoms with van der Waals surface area (Å²) in [6.07, 6.45) is -0.828. The predicted octanol–water partition coefficient (Wildman–Crippen LogP) is 4.37. The van der Waals surface area contributed by atoms with E-state index in [-0.39, 0.29) is 0 Å². The van der Waals surface area contributed by atoms with Gasteiger partial charge in [0.05, 0.1) is 5.56 Å². The van der Waals surface area contributed by atoms with E-state index in [0.717, 1.165) is 30.5 Å². The molecule has 0 aliphatic heterocycles. The third-order valence-electron chi connectivity index (χ3n) is 2.93. The zero-order chi connectivity index (χ0) is 13.6. The molecule has 102 valence electrons. The molecule has 18 heavy (non-hydrogen) atoms. The van der Waals surface area contributed by atoms with E-state index in [4.69, 9.17) is 0 Å². The van der Waals surface area contributed by atoms with Gasteiger partial charge in [0, 0.05) is 12.6 Å². The molecule has 4 heteroatoms. The largest absolute Gasteiger partial charge is 0.416 e. The van der Waals surface area contributed by atoms with Gasteiger partial charge < -0.3 is 5.32 Å². The molecule has 0 bridgehead atoms. The van der Waals surface area contributed by atoms with Crippen molar-refractivity contribution in [1.82, 2.24) is 5.32 Å². The molecule has 0 aliphatic rings. The summed E-state index contributed by atoms with van der Waals surface area (Å²) in [6, 6.07) is 5.72. The van der Waals surface area contributed by atoms with Crippen LogP contribution in [0.3, 0.4) is 0 Å². The molecule has 0 amide bonds. The van der Waals surface area contributed by atoms with Crippen molar-refractivity contribution >= 4 is 0 Å². The Hall–Kier alpha value is -1.03. The number of rotatable bonds is 6. The molecule has 0 aromatic heterocycles. The third kappa shape index (κ3) is 5.08. The molecule has 0 saturated heterocycles. The van der Waals surface area contributed by atoms with E-state index in [1.54, 1.807) is 0 Å². The van der Waals surface area contributed by atoms with E-state index < -0.39 is 11.7 Å². The minimum Gasteiger partial charge on any atom is -0.310 e. The van der Waals surface area contributed by atoms with Crippen molar-refractivity contribution in [3.8, 4) is 0 Å². The van der Waals surface area contributed by atoms with Gasteiger partial charge in [0.2, 0.25) is 0 Å². The molecular formula is C14H20F3N. The van der Waals surface area contributed by atoms with Crippen LogP contribution in [0.15, 0.2) is 24.3 Å². The van der Waals surface area contributed by atoms with E-state index in [9.17, 15) is 13.2 Å². The van der Waals surface area contributed by atoms with Gasteiger partial charge in [-0.3, -0.25) is 0 Å². The van der Waals surface area contributed by atoms with Crippen molar-refractivity contribution in [3.05, 3.63) is 35.4 Å². The summed E-state index contributed by atoms with van der Waals surface area (Å²) in [5.41, 5.74) is 0.289. The highest BCUT2D eigenvalue weighted by molar-refractivity contribution is 5.24. The molecule has 1 rings (SSSR count). The molecule has 0 radical (unpaired) electrons. The van der Waals surface area contributed by atoms with Crippen LogP contribution in [0.2, 0.25) is 0 Å². The molecule has 1 nitrogen and oxygen atoms in total. The molecule has 0 spiro atoms. The normalized spacial score (nSPS) is 13.6. The fraction of sp³-hybridized carbons (Fsp3) is 0.571. The van der Waals surface area contributed by atoms with Crippen LogP contribution in [0.1, 0.15) is 44.2 Å². The molecule has 1 atom stereocenters. The van der Waals surface area contributed by atoms with Crippen LogP contribution >= 0.6 is 0 Å². The van der Waals surface area contributed by atoms with Crippen LogP contribution < -0.4 is 5.32 Å². The van der Waals surface area contributed by atoms with E-state index in [2.05, 4.69) is 19.2 Å². The van der Waals surface area contributed by atoms with Crippen molar-refractivity contribution in [2.75, 3.05) is 0 Å². The predicted molar refractivity (Wildman–Crippen MR) is 67.3 cm³/mol. The van der Waals surface area contributed by atoms with E-state index in [1.807, 2.05) is 0 Å². The molecule has 1 N–H and O–H groups in total. The van der Waals surface area contributed by atoms with Crippen LogP contribution in [0.4, 0.5) is 13.2 Å². The van der Waals surface area contributed by atoms with E-state index in [1.165, 1.54) is 18.6 Å². The molecule has 1 unspecified atom stereocenters. The van der Waals surface area contributed by atoms with Gasteiger partial charge in [-0.25, -0.2) is 0 Å². The summed E-state index contributed by atoms with van der Waals surface area (Å²) in [7, 11) is 0. The third-order valence-corrected chi connectivity index (χ3v) is 2.93. The number of nitrogens with one attached hydrogen (secondary N) is 1. The fourth-order valence-electron chi connectivity index (χ4n) is 1.72. The van der Waals surface area contributed by atoms with Crippen LogP contribution in [-0.2, 0) is 12.7 Å². The Labute approximate surface area is 106 Å². The van der Waals surface area contributed by atoms with Crippen molar-refractivity contribution in [2.24, 2.45) is 0 Å². The second-order valence-corrected chi connectivity index (χ2v) is 4.62. The second kappa shape index (κ2) is 6.78. The Bertz CT molecular complexity index is 343. The lowest BCUT2D eigenvalue weighted by Gasteiger charge is -2.13. The zero-order valence-electron chi connectivity index (χ0n) is 10.8. The van der Waals surface area contributed by atoms with Gasteiger partial charge in [-0.1, -0.05) is 31.9 Å². The molecular weight excluding hydrogens is 239 g/mol. The van der Waals surface area contributed by atoms with Crippen molar-refractivity contribution < 1.29 is 13.2 Å². The number of alkyl halides is 3. The quantitative estimate of drug-likeness (QED) is 0.799. The van der Waals surface area contributed by atoms with E-state index in [0.29, 0.717) is 12.6 Å². The summed E-state index contributed by atoms with van der Waals surface area (Å²) < 4.78 is 37.1. The number of halogens is 3. The maximum absolute atomic E-state index is 12.4. The Balaban J connectivity index is 2.44. The molecule has 0 saturated carbocycles. The van der Waals surface area contributed by atoms with Crippen molar-refractivity contribution in [1.29, 1.82) is 0 Å². The number of benzene rings is 1. The summed E-state index contributed by atoms with van der Waals surface area (Å²) >= 11 is 0. The summed E-state index contributed by atoms with van der Waals surface area (Å²) in [4.78, 5) is 0. The van der Waals surface area contributed by atoms with Gasteiger partial charge in [-0.05, 0) is 31.0 Å². The van der Waals surface area contributed by atoms with Crippen LogP contribution in [0, 0.1) is 0 Å². The molecule has 0 fully saturated rings. The standard InChI is InChI=1S/C14H20F3N/c1-3-4-5-11(2)18-10-12-6-8-13(9-7-12)14(15,16)17/h6-9,11,18H,3-5,10H2,1-2H3. The highest BCUT2D eigenvalue weighted by atomic mass is 19.4. The average Bonchev–Trinajstić information content (AvgIpc) is 2.33. The minimum atomic E-state index is -4.25. The smallest absolute Gasteiger partial charge is 0.310 e. The van der Waals surface area contributed by atoms with Gasteiger partial charge in [0.15, 0.2) is 0 Å². The van der Waals surface area contributed by atoms with Crippen molar-refractivity contribution in [2.45, 2.75) is 51.9 Å². The van der Waals surface area contributed by atoms with Crippen LogP contribution in [0.5, 0.6) is 0 Å². The number of hydrogen-bond donors (Lipinski definition) is 1. The van der Waals surface area contributed by atoms with Gasteiger partial charge >= 0.3 is 6.18 Å². The Morgan fingerprint density at radius 2 is 1.78 bits per heavy atom. The SMILES string of the molecule is CCCCC(C)NCc1ccc(C(F)(F)F)cc1. The highest BCUT2D eigenvalue weighted by Gasteiger charge is 2.29. The first-order chi connectivity index (χ1) is 8.43. The Kier molecular flexibility index (Phi) is 5.66. The lowest BCUT2D eigenvalue weighted by atomic mass is 10.1. The first-order valence-corrected chi connectivity index (χ1v) is 6.33. The lowest BCUT2D eigenvalue weighted by Crippen LogP contribution is -2.25. The first-order valence-electron chi connectivity index (χ1n) is 6.33. The maximum atomic E-state index is 12.4. The molecule has 0 heterocycles. The number of unbranched alkanes of at least 4 members (excludes halogenated alkanes) is 1. The van der Waals surface area contributed by atoms with Gasteiger partial charge in [-0.15, -0.1) is 0 Å². The van der Waals surface area contributed by atoms with Crippen LogP contribution in [0.25, 0.3) is 0 Å². The second-order valence-electron chi connectivity index (χ2n) is 4.62. The minimum absolute atomic E-state index is 0.396. The summed E-state index contributed by atoms with van der Waals surface area (Å²) in [5, 5.41) is 3.31. The topological polar surface area (TPSA) is 12.0 Å². The monoisotopic (exact) mass is 259 g/mol. The fourth-order valence-corrected chi connectivity index (χ4v) is 1.72. The zero-order valence-corrected chi connectivity index (χ0v) is 10.8. The molecule has 0 aliphatic carbocycles. The molecule has 1 aromatic carbocycles. The van der Waals surface area contributed by atoms with Gasteiger partial charge in [0.1, 0.15) is 0 Å². The summed E-state index contributed by atoms with van der Waals surface area (Å²) in [5.74, 6) is 0. The lowest BCUT2D eigenvalue weighted by molar-refractivity contribution is -0.137. The Morgan fingerprint density at radius 1 is 1.17 bits per heavy atom. The highest BCUT2D eigenvalue weighted by Crippen LogP contribution is 2.29.